The number of aliphatic hydroxyl groups is 1. The zero-order valence-electron chi connectivity index (χ0n) is 10.7. The van der Waals surface area contributed by atoms with E-state index in [1.54, 1.807) is 24.3 Å². The van der Waals surface area contributed by atoms with Crippen LogP contribution < -0.4 is 0 Å². The van der Waals surface area contributed by atoms with Crippen LogP contribution in [-0.4, -0.2) is 34.0 Å². The smallest absolute Gasteiger partial charge is 0.261 e. The number of hydrogen-bond acceptors (Lipinski definition) is 3. The summed E-state index contributed by atoms with van der Waals surface area (Å²) in [4.78, 5) is 26.1. The summed E-state index contributed by atoms with van der Waals surface area (Å²) in [5.41, 5.74) is 0.984. The Morgan fingerprint density at radius 2 is 1.58 bits per heavy atom. The van der Waals surface area contributed by atoms with Crippen LogP contribution in [0.3, 0.4) is 0 Å². The molecule has 1 aliphatic heterocycles. The molecule has 0 bridgehead atoms. The molecule has 1 N–H and O–H groups in total. The lowest BCUT2D eigenvalue weighted by Crippen LogP contribution is -2.41. The van der Waals surface area contributed by atoms with Gasteiger partial charge in [0.2, 0.25) is 0 Å². The van der Waals surface area contributed by atoms with E-state index in [1.807, 2.05) is 0 Å². The van der Waals surface area contributed by atoms with Crippen molar-refractivity contribution in [2.24, 2.45) is 0 Å². The van der Waals surface area contributed by atoms with Gasteiger partial charge in [-0.2, -0.15) is 0 Å². The molecule has 1 heterocycles. The Labute approximate surface area is 112 Å². The highest BCUT2D eigenvalue weighted by Crippen LogP contribution is 2.30. The zero-order valence-corrected chi connectivity index (χ0v) is 10.7. The maximum atomic E-state index is 12.3. The van der Waals surface area contributed by atoms with Gasteiger partial charge in [-0.15, -0.1) is 0 Å². The Morgan fingerprint density at radius 3 is 2.21 bits per heavy atom. The Balaban J connectivity index is 1.90. The zero-order chi connectivity index (χ0) is 13.4. The molecule has 3 rings (SSSR count). The van der Waals surface area contributed by atoms with Crippen molar-refractivity contribution in [3.8, 4) is 0 Å². The van der Waals surface area contributed by atoms with E-state index in [9.17, 15) is 14.7 Å². The number of rotatable bonds is 1. The van der Waals surface area contributed by atoms with Gasteiger partial charge in [-0.3, -0.25) is 14.5 Å². The van der Waals surface area contributed by atoms with Crippen LogP contribution in [0, 0.1) is 0 Å². The maximum absolute atomic E-state index is 12.3. The summed E-state index contributed by atoms with van der Waals surface area (Å²) in [5.74, 6) is -0.417. The first-order valence-electron chi connectivity index (χ1n) is 6.83. The molecule has 4 nitrogen and oxygen atoms in total. The van der Waals surface area contributed by atoms with Crippen molar-refractivity contribution in [2.45, 2.75) is 44.2 Å². The van der Waals surface area contributed by atoms with Gasteiger partial charge < -0.3 is 5.11 Å². The molecule has 2 aliphatic rings. The summed E-state index contributed by atoms with van der Waals surface area (Å²) in [6, 6.07) is 6.78. The number of carbonyl (C=O) groups is 2. The minimum Gasteiger partial charge on any atom is -0.393 e. The quantitative estimate of drug-likeness (QED) is 0.619. The van der Waals surface area contributed by atoms with Gasteiger partial charge >= 0.3 is 0 Å². The Kier molecular flexibility index (Phi) is 3.11. The fraction of sp³-hybridized carbons (Fsp3) is 0.467. The molecule has 100 valence electrons. The van der Waals surface area contributed by atoms with Crippen molar-refractivity contribution in [3.63, 3.8) is 0 Å². The fourth-order valence-corrected chi connectivity index (χ4v) is 3.08. The molecule has 0 spiro atoms. The summed E-state index contributed by atoms with van der Waals surface area (Å²) in [7, 11) is 0. The van der Waals surface area contributed by atoms with Gasteiger partial charge in [0.15, 0.2) is 0 Å². The molecule has 0 radical (unpaired) electrons. The van der Waals surface area contributed by atoms with E-state index < -0.39 is 6.10 Å². The summed E-state index contributed by atoms with van der Waals surface area (Å²) in [6.45, 7) is 0. The molecule has 2 amide bonds. The maximum Gasteiger partial charge on any atom is 0.261 e. The first kappa shape index (κ1) is 12.4. The minimum absolute atomic E-state index is 0.162. The minimum atomic E-state index is -0.406. The third-order valence-electron chi connectivity index (χ3n) is 4.06. The van der Waals surface area contributed by atoms with Crippen LogP contribution in [0.4, 0.5) is 0 Å². The topological polar surface area (TPSA) is 57.6 Å². The number of amides is 2. The molecule has 2 atom stereocenters. The van der Waals surface area contributed by atoms with Gasteiger partial charge in [-0.1, -0.05) is 25.0 Å². The Bertz CT molecular complexity index is 491. The summed E-state index contributed by atoms with van der Waals surface area (Å²) in [5, 5.41) is 9.86. The second-order valence-electron chi connectivity index (χ2n) is 5.35. The lowest BCUT2D eigenvalue weighted by atomic mass is 10.1. The SMILES string of the molecule is O=C1c2ccccc2C(=O)N1[C@@H]1CCCC[C@H](O)C1. The standard InChI is InChI=1S/C15H17NO3/c17-11-6-2-1-5-10(9-11)16-14(18)12-7-3-4-8-13(12)15(16)19/h3-4,7-8,10-11,17H,1-2,5-6,9H2/t10-,11+/m1/s1. The molecule has 0 aromatic heterocycles. The second-order valence-corrected chi connectivity index (χ2v) is 5.35. The van der Waals surface area contributed by atoms with E-state index in [-0.39, 0.29) is 17.9 Å². The Hall–Kier alpha value is -1.68. The predicted molar refractivity (Wildman–Crippen MR) is 69.8 cm³/mol. The van der Waals surface area contributed by atoms with Crippen LogP contribution in [0.1, 0.15) is 52.8 Å². The van der Waals surface area contributed by atoms with Crippen molar-refractivity contribution < 1.29 is 14.7 Å². The third-order valence-corrected chi connectivity index (χ3v) is 4.06. The number of fused-ring (bicyclic) bond motifs is 1. The number of carbonyl (C=O) groups excluding carboxylic acids is 2. The normalized spacial score (nSPS) is 27.3. The van der Waals surface area contributed by atoms with Crippen LogP contribution in [0.25, 0.3) is 0 Å². The third kappa shape index (κ3) is 2.06. The highest BCUT2D eigenvalue weighted by Gasteiger charge is 2.40. The van der Waals surface area contributed by atoms with E-state index in [0.29, 0.717) is 17.5 Å². The lowest BCUT2D eigenvalue weighted by molar-refractivity contribution is 0.0519. The van der Waals surface area contributed by atoms with Crippen molar-refractivity contribution in [1.82, 2.24) is 4.90 Å². The molecule has 1 saturated carbocycles. The summed E-state index contributed by atoms with van der Waals surface area (Å²) in [6.07, 6.45) is 3.57. The first-order chi connectivity index (χ1) is 9.18. The van der Waals surface area contributed by atoms with Gasteiger partial charge in [0.05, 0.1) is 17.2 Å². The van der Waals surface area contributed by atoms with Crippen molar-refractivity contribution in [1.29, 1.82) is 0 Å². The van der Waals surface area contributed by atoms with Crippen LogP contribution in [0.5, 0.6) is 0 Å². The van der Waals surface area contributed by atoms with Gasteiger partial charge in [0, 0.05) is 6.04 Å². The van der Waals surface area contributed by atoms with E-state index in [2.05, 4.69) is 0 Å². The molecule has 0 saturated heterocycles. The first-order valence-corrected chi connectivity index (χ1v) is 6.83. The monoisotopic (exact) mass is 259 g/mol. The highest BCUT2D eigenvalue weighted by molar-refractivity contribution is 6.21. The van der Waals surface area contributed by atoms with Crippen LogP contribution >= 0.6 is 0 Å². The molecule has 19 heavy (non-hydrogen) atoms. The fourth-order valence-electron chi connectivity index (χ4n) is 3.08. The molecule has 1 aromatic carbocycles. The van der Waals surface area contributed by atoms with Crippen molar-refractivity contribution in [3.05, 3.63) is 35.4 Å². The van der Waals surface area contributed by atoms with E-state index in [0.717, 1.165) is 25.7 Å². The van der Waals surface area contributed by atoms with Crippen molar-refractivity contribution >= 4 is 11.8 Å². The van der Waals surface area contributed by atoms with Crippen LogP contribution in [0.2, 0.25) is 0 Å². The van der Waals surface area contributed by atoms with Crippen molar-refractivity contribution in [2.75, 3.05) is 0 Å². The molecule has 1 aromatic rings. The van der Waals surface area contributed by atoms with Crippen LogP contribution in [-0.2, 0) is 0 Å². The summed E-state index contributed by atoms with van der Waals surface area (Å²) < 4.78 is 0. The van der Waals surface area contributed by atoms with Gasteiger partial charge in [0.1, 0.15) is 0 Å². The molecule has 4 heteroatoms. The molecular weight excluding hydrogens is 242 g/mol. The number of aliphatic hydroxyl groups excluding tert-OH is 1. The lowest BCUT2D eigenvalue weighted by Gasteiger charge is -2.26. The number of nitrogens with zero attached hydrogens (tertiary/aromatic N) is 1. The number of hydrogen-bond donors (Lipinski definition) is 1. The van der Waals surface area contributed by atoms with Gasteiger partial charge in [-0.25, -0.2) is 0 Å². The number of imide groups is 1. The molecule has 1 fully saturated rings. The average molecular weight is 259 g/mol. The molecule has 0 unspecified atom stereocenters. The average Bonchev–Trinajstić information content (AvgIpc) is 2.56. The Morgan fingerprint density at radius 1 is 1.00 bits per heavy atom. The summed E-state index contributed by atoms with van der Waals surface area (Å²) >= 11 is 0. The highest BCUT2D eigenvalue weighted by atomic mass is 16.3. The van der Waals surface area contributed by atoms with Gasteiger partial charge in [-0.05, 0) is 31.4 Å². The van der Waals surface area contributed by atoms with E-state index in [1.165, 1.54) is 4.90 Å². The second kappa shape index (κ2) is 4.78. The number of benzene rings is 1. The van der Waals surface area contributed by atoms with Gasteiger partial charge in [0.25, 0.3) is 11.8 Å². The molecule has 1 aliphatic carbocycles. The van der Waals surface area contributed by atoms with E-state index in [4.69, 9.17) is 0 Å². The van der Waals surface area contributed by atoms with E-state index >= 15 is 0 Å². The molecular formula is C15H17NO3. The largest absolute Gasteiger partial charge is 0.393 e. The predicted octanol–water partition coefficient (Wildman–Crippen LogP) is 1.98. The van der Waals surface area contributed by atoms with Crippen LogP contribution in [0.15, 0.2) is 24.3 Å².